The number of hydrogen-bond acceptors (Lipinski definition) is 2. The van der Waals surface area contributed by atoms with E-state index in [1.165, 1.54) is 4.90 Å². The van der Waals surface area contributed by atoms with Gasteiger partial charge in [-0.1, -0.05) is 32.6 Å². The zero-order valence-corrected chi connectivity index (χ0v) is 10.1. The molecule has 0 aromatic rings. The number of rotatable bonds is 4. The highest BCUT2D eigenvalue weighted by atomic mass is 16.2. The maximum absolute atomic E-state index is 12.0. The molecule has 0 aromatic heterocycles. The van der Waals surface area contributed by atoms with E-state index in [9.17, 15) is 9.59 Å². The number of unbranched alkanes of at least 4 members (excludes halogenated alkanes) is 2. The van der Waals surface area contributed by atoms with Crippen molar-refractivity contribution in [2.75, 3.05) is 6.54 Å². The van der Waals surface area contributed by atoms with Gasteiger partial charge in [-0.05, 0) is 19.3 Å². The first-order valence-electron chi connectivity index (χ1n) is 6.61. The summed E-state index contributed by atoms with van der Waals surface area (Å²) >= 11 is 0. The van der Waals surface area contributed by atoms with Gasteiger partial charge in [-0.2, -0.15) is 0 Å². The molecule has 3 nitrogen and oxygen atoms in total. The smallest absolute Gasteiger partial charge is 0.233 e. The molecule has 1 saturated heterocycles. The van der Waals surface area contributed by atoms with E-state index in [2.05, 4.69) is 6.92 Å². The molecule has 1 aliphatic heterocycles. The molecule has 3 heteroatoms. The first-order valence-corrected chi connectivity index (χ1v) is 6.61. The van der Waals surface area contributed by atoms with Crippen molar-refractivity contribution in [1.82, 2.24) is 4.90 Å². The van der Waals surface area contributed by atoms with Gasteiger partial charge in [0.2, 0.25) is 11.8 Å². The van der Waals surface area contributed by atoms with Crippen molar-refractivity contribution in [3.63, 3.8) is 0 Å². The lowest BCUT2D eigenvalue weighted by Crippen LogP contribution is -2.32. The number of hydrogen-bond donors (Lipinski definition) is 0. The third-order valence-electron chi connectivity index (χ3n) is 3.92. The van der Waals surface area contributed by atoms with Crippen LogP contribution in [0.4, 0.5) is 0 Å². The fourth-order valence-corrected chi connectivity index (χ4v) is 2.97. The van der Waals surface area contributed by atoms with Gasteiger partial charge in [0.25, 0.3) is 0 Å². The fraction of sp³-hybridized carbons (Fsp3) is 0.846. The Morgan fingerprint density at radius 3 is 2.12 bits per heavy atom. The van der Waals surface area contributed by atoms with Crippen LogP contribution in [0.25, 0.3) is 0 Å². The molecular formula is C13H21NO2. The summed E-state index contributed by atoms with van der Waals surface area (Å²) in [6, 6.07) is 0. The molecule has 2 fully saturated rings. The van der Waals surface area contributed by atoms with Crippen LogP contribution in [0.15, 0.2) is 0 Å². The first-order chi connectivity index (χ1) is 7.75. The first kappa shape index (κ1) is 11.6. The third kappa shape index (κ3) is 2.00. The van der Waals surface area contributed by atoms with E-state index >= 15 is 0 Å². The van der Waals surface area contributed by atoms with Crippen molar-refractivity contribution in [2.45, 2.75) is 51.9 Å². The van der Waals surface area contributed by atoms with Crippen molar-refractivity contribution >= 4 is 11.8 Å². The van der Waals surface area contributed by atoms with Crippen molar-refractivity contribution < 1.29 is 9.59 Å². The average molecular weight is 223 g/mol. The fourth-order valence-electron chi connectivity index (χ4n) is 2.97. The van der Waals surface area contributed by atoms with E-state index in [4.69, 9.17) is 0 Å². The highest BCUT2D eigenvalue weighted by Gasteiger charge is 2.47. The van der Waals surface area contributed by atoms with Gasteiger partial charge < -0.3 is 0 Å². The van der Waals surface area contributed by atoms with Gasteiger partial charge in [0.1, 0.15) is 0 Å². The SMILES string of the molecule is CCCCCN1C(=O)C2CCCCC2C1=O. The van der Waals surface area contributed by atoms with E-state index in [-0.39, 0.29) is 23.7 Å². The van der Waals surface area contributed by atoms with Crippen molar-refractivity contribution in [3.05, 3.63) is 0 Å². The van der Waals surface area contributed by atoms with Crippen molar-refractivity contribution in [2.24, 2.45) is 11.8 Å². The molecule has 1 aliphatic carbocycles. The van der Waals surface area contributed by atoms with Crippen LogP contribution in [-0.2, 0) is 9.59 Å². The Morgan fingerprint density at radius 1 is 1.06 bits per heavy atom. The normalized spacial score (nSPS) is 29.7. The Hall–Kier alpha value is -0.860. The van der Waals surface area contributed by atoms with Crippen LogP contribution in [0.3, 0.4) is 0 Å². The van der Waals surface area contributed by atoms with E-state index in [1.807, 2.05) is 0 Å². The predicted octanol–water partition coefficient (Wildman–Crippen LogP) is 2.35. The number of carbonyl (C=O) groups is 2. The van der Waals surface area contributed by atoms with E-state index in [0.717, 1.165) is 44.9 Å². The maximum Gasteiger partial charge on any atom is 0.233 e. The van der Waals surface area contributed by atoms with Crippen LogP contribution >= 0.6 is 0 Å². The van der Waals surface area contributed by atoms with Gasteiger partial charge in [0.15, 0.2) is 0 Å². The van der Waals surface area contributed by atoms with E-state index in [1.54, 1.807) is 0 Å². The summed E-state index contributed by atoms with van der Waals surface area (Å²) in [5.74, 6) is 0.294. The lowest BCUT2D eigenvalue weighted by Gasteiger charge is -2.19. The Morgan fingerprint density at radius 2 is 1.62 bits per heavy atom. The second kappa shape index (κ2) is 4.98. The zero-order valence-electron chi connectivity index (χ0n) is 10.1. The van der Waals surface area contributed by atoms with Crippen LogP contribution in [0, 0.1) is 11.8 Å². The van der Waals surface area contributed by atoms with Gasteiger partial charge in [-0.3, -0.25) is 14.5 Å². The molecule has 0 aromatic carbocycles. The second-order valence-corrected chi connectivity index (χ2v) is 5.03. The van der Waals surface area contributed by atoms with Gasteiger partial charge in [-0.25, -0.2) is 0 Å². The molecule has 2 aliphatic rings. The summed E-state index contributed by atoms with van der Waals surface area (Å²) in [4.78, 5) is 25.6. The molecule has 2 rings (SSSR count). The molecule has 2 unspecified atom stereocenters. The minimum atomic E-state index is 0.0304. The van der Waals surface area contributed by atoms with Gasteiger partial charge in [-0.15, -0.1) is 0 Å². The number of amides is 2. The van der Waals surface area contributed by atoms with E-state index < -0.39 is 0 Å². The molecule has 0 spiro atoms. The molecule has 16 heavy (non-hydrogen) atoms. The molecule has 0 radical (unpaired) electrons. The van der Waals surface area contributed by atoms with Crippen LogP contribution in [0.2, 0.25) is 0 Å². The van der Waals surface area contributed by atoms with E-state index in [0.29, 0.717) is 6.54 Å². The van der Waals surface area contributed by atoms with Crippen molar-refractivity contribution in [1.29, 1.82) is 0 Å². The van der Waals surface area contributed by atoms with Crippen molar-refractivity contribution in [3.8, 4) is 0 Å². The monoisotopic (exact) mass is 223 g/mol. The maximum atomic E-state index is 12.0. The number of imide groups is 1. The summed E-state index contributed by atoms with van der Waals surface area (Å²) < 4.78 is 0. The standard InChI is InChI=1S/C13H21NO2/c1-2-3-6-9-14-12(15)10-7-4-5-8-11(10)13(14)16/h10-11H,2-9H2,1H3. The number of nitrogens with zero attached hydrogens (tertiary/aromatic N) is 1. The quantitative estimate of drug-likeness (QED) is 0.542. The summed E-state index contributed by atoms with van der Waals surface area (Å²) in [6.07, 6.45) is 7.29. The highest BCUT2D eigenvalue weighted by molar-refractivity contribution is 6.05. The Kier molecular flexibility index (Phi) is 3.62. The molecule has 0 N–H and O–H groups in total. The second-order valence-electron chi connectivity index (χ2n) is 5.03. The van der Waals surface area contributed by atoms with Gasteiger partial charge in [0, 0.05) is 6.54 Å². The highest BCUT2D eigenvalue weighted by Crippen LogP contribution is 2.37. The van der Waals surface area contributed by atoms with Gasteiger partial charge in [0.05, 0.1) is 11.8 Å². The summed E-state index contributed by atoms with van der Waals surface area (Å²) in [7, 11) is 0. The Balaban J connectivity index is 1.98. The predicted molar refractivity (Wildman–Crippen MR) is 61.7 cm³/mol. The van der Waals surface area contributed by atoms with Gasteiger partial charge >= 0.3 is 0 Å². The largest absolute Gasteiger partial charge is 0.282 e. The van der Waals surface area contributed by atoms with Crippen LogP contribution in [0.1, 0.15) is 51.9 Å². The lowest BCUT2D eigenvalue weighted by molar-refractivity contribution is -0.139. The number of fused-ring (bicyclic) bond motifs is 1. The van der Waals surface area contributed by atoms with Crippen LogP contribution in [0.5, 0.6) is 0 Å². The molecule has 2 atom stereocenters. The molecule has 1 saturated carbocycles. The molecular weight excluding hydrogens is 202 g/mol. The number of carbonyl (C=O) groups excluding carboxylic acids is 2. The lowest BCUT2D eigenvalue weighted by atomic mass is 9.81. The van der Waals surface area contributed by atoms with Crippen LogP contribution in [-0.4, -0.2) is 23.3 Å². The zero-order chi connectivity index (χ0) is 11.5. The number of likely N-dealkylation sites (tertiary alicyclic amines) is 1. The summed E-state index contributed by atoms with van der Waals surface area (Å²) in [6.45, 7) is 2.78. The molecule has 90 valence electrons. The summed E-state index contributed by atoms with van der Waals surface area (Å²) in [5.41, 5.74) is 0. The topological polar surface area (TPSA) is 37.4 Å². The Labute approximate surface area is 97.2 Å². The average Bonchev–Trinajstić information content (AvgIpc) is 2.55. The molecule has 1 heterocycles. The summed E-state index contributed by atoms with van der Waals surface area (Å²) in [5, 5.41) is 0. The minimum absolute atomic E-state index is 0.0304. The molecule has 2 amide bonds. The minimum Gasteiger partial charge on any atom is -0.282 e. The Bertz CT molecular complexity index is 264. The third-order valence-corrected chi connectivity index (χ3v) is 3.92. The van der Waals surface area contributed by atoms with Crippen LogP contribution < -0.4 is 0 Å². The molecule has 0 bridgehead atoms.